The molecule has 0 radical (unpaired) electrons. The van der Waals surface area contributed by atoms with E-state index >= 15 is 0 Å². The second kappa shape index (κ2) is 5.38. The second-order valence-electron chi connectivity index (χ2n) is 6.55. The Morgan fingerprint density at radius 2 is 2.04 bits per heavy atom. The van der Waals surface area contributed by atoms with Crippen LogP contribution in [-0.2, 0) is 6.42 Å². The van der Waals surface area contributed by atoms with Gasteiger partial charge in [-0.1, -0.05) is 12.1 Å². The molecule has 0 bridgehead atoms. The lowest BCUT2D eigenvalue weighted by Crippen LogP contribution is -2.12. The lowest BCUT2D eigenvalue weighted by molar-refractivity contribution is 0.618. The van der Waals surface area contributed by atoms with Crippen molar-refractivity contribution in [3.8, 4) is 11.1 Å². The van der Waals surface area contributed by atoms with Gasteiger partial charge in [0, 0.05) is 53.1 Å². The third-order valence-electron chi connectivity index (χ3n) is 4.74. The molecule has 3 heterocycles. The van der Waals surface area contributed by atoms with Crippen LogP contribution >= 0.6 is 15.9 Å². The predicted molar refractivity (Wildman–Crippen MR) is 100 cm³/mol. The Kier molecular flexibility index (Phi) is 3.45. The molecule has 0 saturated carbocycles. The number of aromatic nitrogens is 2. The van der Waals surface area contributed by atoms with Crippen LogP contribution in [0.3, 0.4) is 0 Å². The van der Waals surface area contributed by atoms with E-state index in [-0.39, 0.29) is 0 Å². The Morgan fingerprint density at radius 1 is 1.22 bits per heavy atom. The Balaban J connectivity index is 1.98. The molecule has 3 nitrogen and oxygen atoms in total. The first-order chi connectivity index (χ1) is 11.1. The van der Waals surface area contributed by atoms with Crippen LogP contribution in [-0.4, -0.2) is 23.1 Å². The first kappa shape index (κ1) is 14.8. The zero-order valence-corrected chi connectivity index (χ0v) is 15.3. The van der Waals surface area contributed by atoms with Crippen LogP contribution in [0.15, 0.2) is 41.1 Å². The van der Waals surface area contributed by atoms with Crippen molar-refractivity contribution in [2.24, 2.45) is 0 Å². The molecule has 23 heavy (non-hydrogen) atoms. The summed E-state index contributed by atoms with van der Waals surface area (Å²) in [5, 5.41) is 1.20. The maximum absolute atomic E-state index is 4.62. The molecule has 4 rings (SSSR count). The predicted octanol–water partition coefficient (Wildman–Crippen LogP) is 5.04. The number of hydrogen-bond donors (Lipinski definition) is 0. The van der Waals surface area contributed by atoms with E-state index in [1.54, 1.807) is 0 Å². The summed E-state index contributed by atoms with van der Waals surface area (Å²) in [5.41, 5.74) is 6.35. The molecule has 2 aromatic heterocycles. The molecular weight excluding hydrogens is 350 g/mol. The minimum absolute atomic E-state index is 0.380. The summed E-state index contributed by atoms with van der Waals surface area (Å²) < 4.78 is 3.36. The summed E-state index contributed by atoms with van der Waals surface area (Å²) in [5.74, 6) is 0. The highest BCUT2D eigenvalue weighted by Gasteiger charge is 2.19. The molecule has 0 atom stereocenters. The number of benzene rings is 1. The van der Waals surface area contributed by atoms with Gasteiger partial charge in [-0.3, -0.25) is 0 Å². The van der Waals surface area contributed by atoms with Gasteiger partial charge >= 0.3 is 0 Å². The topological polar surface area (TPSA) is 21.1 Å². The highest BCUT2D eigenvalue weighted by Crippen LogP contribution is 2.38. The van der Waals surface area contributed by atoms with Crippen molar-refractivity contribution in [2.45, 2.75) is 26.3 Å². The summed E-state index contributed by atoms with van der Waals surface area (Å²) in [6.07, 6.45) is 5.25. The van der Waals surface area contributed by atoms with Crippen LogP contribution in [0.4, 0.5) is 5.69 Å². The van der Waals surface area contributed by atoms with Gasteiger partial charge in [-0.05, 0) is 59.5 Å². The standard InChI is InChI=1S/C19H20BrN3/c1-12(2)23-11-15(18-16(20)6-8-21-19(18)23)14-5-4-13-7-9-22(3)17(13)10-14/h4-6,8,10-12H,7,9H2,1-3H3. The van der Waals surface area contributed by atoms with Gasteiger partial charge in [0.05, 0.1) is 0 Å². The molecule has 0 spiro atoms. The van der Waals surface area contributed by atoms with Crippen LogP contribution in [0.1, 0.15) is 25.5 Å². The van der Waals surface area contributed by atoms with E-state index in [4.69, 9.17) is 0 Å². The number of rotatable bonds is 2. The quantitative estimate of drug-likeness (QED) is 0.630. The average molecular weight is 370 g/mol. The number of anilines is 1. The van der Waals surface area contributed by atoms with Crippen molar-refractivity contribution >= 4 is 32.7 Å². The van der Waals surface area contributed by atoms with Gasteiger partial charge in [-0.25, -0.2) is 4.98 Å². The van der Waals surface area contributed by atoms with Crippen LogP contribution in [0, 0.1) is 0 Å². The SMILES string of the molecule is CC(C)n1cc(-c2ccc3c(c2)N(C)CC3)c2c(Br)ccnc21. The van der Waals surface area contributed by atoms with Crippen LogP contribution < -0.4 is 4.90 Å². The first-order valence-electron chi connectivity index (χ1n) is 8.05. The number of fused-ring (bicyclic) bond motifs is 2. The monoisotopic (exact) mass is 369 g/mol. The van der Waals surface area contributed by atoms with Gasteiger partial charge in [0.25, 0.3) is 0 Å². The summed E-state index contributed by atoms with van der Waals surface area (Å²) in [6, 6.07) is 9.25. The van der Waals surface area contributed by atoms with Crippen LogP contribution in [0.5, 0.6) is 0 Å². The maximum Gasteiger partial charge on any atom is 0.141 e. The highest BCUT2D eigenvalue weighted by atomic mass is 79.9. The van der Waals surface area contributed by atoms with E-state index in [2.05, 4.69) is 75.7 Å². The van der Waals surface area contributed by atoms with Gasteiger partial charge in [0.1, 0.15) is 5.65 Å². The number of hydrogen-bond acceptors (Lipinski definition) is 2. The summed E-state index contributed by atoms with van der Waals surface area (Å²) in [4.78, 5) is 6.96. The van der Waals surface area contributed by atoms with E-state index in [1.165, 1.54) is 27.8 Å². The molecule has 1 aliphatic rings. The molecule has 1 aromatic carbocycles. The van der Waals surface area contributed by atoms with Crippen molar-refractivity contribution in [3.63, 3.8) is 0 Å². The van der Waals surface area contributed by atoms with Crippen molar-refractivity contribution in [1.29, 1.82) is 0 Å². The minimum Gasteiger partial charge on any atom is -0.374 e. The molecule has 0 unspecified atom stereocenters. The highest BCUT2D eigenvalue weighted by molar-refractivity contribution is 9.10. The molecule has 0 aliphatic carbocycles. The summed E-state index contributed by atoms with van der Waals surface area (Å²) >= 11 is 3.72. The Morgan fingerprint density at radius 3 is 2.83 bits per heavy atom. The number of halogens is 1. The van der Waals surface area contributed by atoms with Gasteiger partial charge in [-0.2, -0.15) is 0 Å². The summed E-state index contributed by atoms with van der Waals surface area (Å²) in [6.45, 7) is 5.50. The zero-order chi connectivity index (χ0) is 16.1. The molecular formula is C19H20BrN3. The Hall–Kier alpha value is -1.81. The van der Waals surface area contributed by atoms with Gasteiger partial charge < -0.3 is 9.47 Å². The Bertz CT molecular complexity index is 895. The summed E-state index contributed by atoms with van der Waals surface area (Å²) in [7, 11) is 2.17. The van der Waals surface area contributed by atoms with E-state index < -0.39 is 0 Å². The van der Waals surface area contributed by atoms with Crippen molar-refractivity contribution in [3.05, 3.63) is 46.7 Å². The maximum atomic E-state index is 4.62. The van der Waals surface area contributed by atoms with Crippen molar-refractivity contribution < 1.29 is 0 Å². The minimum atomic E-state index is 0.380. The largest absolute Gasteiger partial charge is 0.374 e. The van der Waals surface area contributed by atoms with Crippen LogP contribution in [0.2, 0.25) is 0 Å². The lowest BCUT2D eigenvalue weighted by Gasteiger charge is -2.13. The van der Waals surface area contributed by atoms with E-state index in [9.17, 15) is 0 Å². The first-order valence-corrected chi connectivity index (χ1v) is 8.85. The molecule has 0 saturated heterocycles. The molecule has 0 N–H and O–H groups in total. The fourth-order valence-corrected chi connectivity index (χ4v) is 3.97. The number of pyridine rings is 1. The normalized spacial score (nSPS) is 14.0. The molecule has 118 valence electrons. The fraction of sp³-hybridized carbons (Fsp3) is 0.316. The van der Waals surface area contributed by atoms with E-state index in [0.717, 1.165) is 23.1 Å². The number of nitrogens with zero attached hydrogens (tertiary/aromatic N) is 3. The second-order valence-corrected chi connectivity index (χ2v) is 7.40. The third-order valence-corrected chi connectivity index (χ3v) is 5.40. The molecule has 1 aliphatic heterocycles. The molecule has 4 heteroatoms. The van der Waals surface area contributed by atoms with Gasteiger partial charge in [0.15, 0.2) is 0 Å². The third kappa shape index (κ3) is 2.27. The molecule has 0 amide bonds. The van der Waals surface area contributed by atoms with E-state index in [0.29, 0.717) is 6.04 Å². The fourth-order valence-electron chi connectivity index (χ4n) is 3.46. The molecule has 3 aromatic rings. The average Bonchev–Trinajstić information content (AvgIpc) is 3.09. The molecule has 0 fully saturated rings. The number of likely N-dealkylation sites (N-methyl/N-ethyl adjacent to an activating group) is 1. The van der Waals surface area contributed by atoms with Crippen LogP contribution in [0.25, 0.3) is 22.2 Å². The smallest absolute Gasteiger partial charge is 0.141 e. The lowest BCUT2D eigenvalue weighted by atomic mass is 10.0. The van der Waals surface area contributed by atoms with Gasteiger partial charge in [0.2, 0.25) is 0 Å². The Labute approximate surface area is 145 Å². The van der Waals surface area contributed by atoms with Crippen molar-refractivity contribution in [1.82, 2.24) is 9.55 Å². The van der Waals surface area contributed by atoms with Gasteiger partial charge in [-0.15, -0.1) is 0 Å². The zero-order valence-electron chi connectivity index (χ0n) is 13.7. The van der Waals surface area contributed by atoms with E-state index in [1.807, 2.05) is 12.3 Å². The van der Waals surface area contributed by atoms with Crippen molar-refractivity contribution in [2.75, 3.05) is 18.5 Å².